The monoisotopic (exact) mass is 414 g/mol. The number of likely N-dealkylation sites (N-methyl/N-ethyl adjacent to an activating group) is 1. The summed E-state index contributed by atoms with van der Waals surface area (Å²) in [6, 6.07) is 5.92. The van der Waals surface area contributed by atoms with Crippen LogP contribution in [0.15, 0.2) is 36.7 Å². The highest BCUT2D eigenvalue weighted by Gasteiger charge is 2.29. The Labute approximate surface area is 173 Å². The average molecular weight is 414 g/mol. The molecule has 0 N–H and O–H groups in total. The summed E-state index contributed by atoms with van der Waals surface area (Å²) in [5.41, 5.74) is 2.08. The number of carbonyl (C=O) groups is 1. The highest BCUT2D eigenvalue weighted by Crippen LogP contribution is 2.29. The number of Topliss-reactive ketones (excluding diaryl/α,β-unsaturated/α-hetero) is 1. The first-order valence-electron chi connectivity index (χ1n) is 10.1. The van der Waals surface area contributed by atoms with Gasteiger partial charge in [0.25, 0.3) is 6.43 Å². The summed E-state index contributed by atoms with van der Waals surface area (Å²) >= 11 is 0. The maximum absolute atomic E-state index is 12.9. The van der Waals surface area contributed by atoms with Gasteiger partial charge in [-0.1, -0.05) is 13.0 Å². The summed E-state index contributed by atoms with van der Waals surface area (Å²) in [7, 11) is 0. The van der Waals surface area contributed by atoms with Crippen molar-refractivity contribution in [2.75, 3.05) is 26.2 Å². The minimum Gasteiger partial charge on any atom is -0.493 e. The minimum atomic E-state index is -2.72. The predicted octanol–water partition coefficient (Wildman–Crippen LogP) is 3.91. The number of halogens is 2. The van der Waals surface area contributed by atoms with Gasteiger partial charge in [0, 0.05) is 49.5 Å². The lowest BCUT2D eigenvalue weighted by atomic mass is 9.97. The first-order valence-corrected chi connectivity index (χ1v) is 10.1. The second-order valence-electron chi connectivity index (χ2n) is 7.42. The van der Waals surface area contributed by atoms with Gasteiger partial charge in [-0.15, -0.1) is 0 Å². The largest absolute Gasteiger partial charge is 0.493 e. The summed E-state index contributed by atoms with van der Waals surface area (Å²) in [6.07, 6.45) is 1.12. The standard InChI is InChI=1S/C22H24F2N4O2/c1-3-27-10-15(11-27)18-13-28-12-14(20(30-4-2)9-21(28)26-18)8-19(29)16-6-5-7-17(25-16)22(23)24/h5-7,9,12-13,15,22H,3-4,8,10-11H2,1-2H3. The van der Waals surface area contributed by atoms with Gasteiger partial charge in [0.1, 0.15) is 22.8 Å². The number of pyridine rings is 2. The molecule has 0 bridgehead atoms. The Balaban J connectivity index is 1.61. The maximum atomic E-state index is 12.9. The fourth-order valence-electron chi connectivity index (χ4n) is 3.71. The third-order valence-electron chi connectivity index (χ3n) is 5.40. The van der Waals surface area contributed by atoms with Crippen LogP contribution in [0.3, 0.4) is 0 Å². The van der Waals surface area contributed by atoms with Crippen LogP contribution in [-0.4, -0.2) is 51.3 Å². The zero-order valence-electron chi connectivity index (χ0n) is 17.0. The third-order valence-corrected chi connectivity index (χ3v) is 5.40. The molecule has 0 aromatic carbocycles. The highest BCUT2D eigenvalue weighted by atomic mass is 19.3. The van der Waals surface area contributed by atoms with Crippen LogP contribution in [0.1, 0.15) is 53.6 Å². The van der Waals surface area contributed by atoms with Crippen molar-refractivity contribution >= 4 is 11.4 Å². The molecule has 0 radical (unpaired) electrons. The van der Waals surface area contributed by atoms with Crippen molar-refractivity contribution in [2.24, 2.45) is 0 Å². The second kappa shape index (κ2) is 8.47. The second-order valence-corrected chi connectivity index (χ2v) is 7.42. The molecule has 3 aromatic heterocycles. The maximum Gasteiger partial charge on any atom is 0.280 e. The molecule has 0 spiro atoms. The molecule has 6 nitrogen and oxygen atoms in total. The number of hydrogen-bond donors (Lipinski definition) is 0. The lowest BCUT2D eigenvalue weighted by Crippen LogP contribution is -2.44. The van der Waals surface area contributed by atoms with E-state index in [1.165, 1.54) is 18.2 Å². The lowest BCUT2D eigenvalue weighted by Gasteiger charge is -2.37. The molecular weight excluding hydrogens is 390 g/mol. The van der Waals surface area contributed by atoms with Crippen LogP contribution in [0.2, 0.25) is 0 Å². The highest BCUT2D eigenvalue weighted by molar-refractivity contribution is 5.96. The molecule has 3 aromatic rings. The van der Waals surface area contributed by atoms with Gasteiger partial charge < -0.3 is 14.0 Å². The number of ether oxygens (including phenoxy) is 1. The van der Waals surface area contributed by atoms with Gasteiger partial charge in [-0.3, -0.25) is 4.79 Å². The van der Waals surface area contributed by atoms with E-state index < -0.39 is 12.1 Å². The number of ketones is 1. The van der Waals surface area contributed by atoms with E-state index in [0.29, 0.717) is 23.8 Å². The van der Waals surface area contributed by atoms with Gasteiger partial charge >= 0.3 is 0 Å². The van der Waals surface area contributed by atoms with E-state index in [-0.39, 0.29) is 17.9 Å². The van der Waals surface area contributed by atoms with Crippen molar-refractivity contribution in [1.29, 1.82) is 0 Å². The molecule has 158 valence electrons. The quantitative estimate of drug-likeness (QED) is 0.523. The first kappa shape index (κ1) is 20.4. The van der Waals surface area contributed by atoms with Crippen molar-refractivity contribution in [1.82, 2.24) is 19.3 Å². The van der Waals surface area contributed by atoms with Crippen LogP contribution in [0.5, 0.6) is 5.75 Å². The number of alkyl halides is 2. The number of nitrogens with zero attached hydrogens (tertiary/aromatic N) is 4. The predicted molar refractivity (Wildman–Crippen MR) is 108 cm³/mol. The SMILES string of the molecule is CCOc1cc2nc(C3CN(CC)C3)cn2cc1CC(=O)c1cccc(C(F)F)n1. The van der Waals surface area contributed by atoms with Crippen molar-refractivity contribution in [2.45, 2.75) is 32.6 Å². The molecule has 1 aliphatic heterocycles. The molecule has 0 atom stereocenters. The fraction of sp³-hybridized carbons (Fsp3) is 0.409. The molecular formula is C22H24F2N4O2. The summed E-state index contributed by atoms with van der Waals surface area (Å²) in [4.78, 5) is 23.6. The van der Waals surface area contributed by atoms with E-state index in [1.54, 1.807) is 0 Å². The summed E-state index contributed by atoms with van der Waals surface area (Å²) in [6.45, 7) is 7.48. The Kier molecular flexibility index (Phi) is 5.76. The van der Waals surface area contributed by atoms with Crippen LogP contribution < -0.4 is 4.74 Å². The van der Waals surface area contributed by atoms with Crippen LogP contribution in [0.4, 0.5) is 8.78 Å². The lowest BCUT2D eigenvalue weighted by molar-refractivity contribution is 0.0984. The normalized spacial score (nSPS) is 15.0. The summed E-state index contributed by atoms with van der Waals surface area (Å²) < 4.78 is 33.5. The van der Waals surface area contributed by atoms with Crippen molar-refractivity contribution in [3.05, 3.63) is 59.3 Å². The van der Waals surface area contributed by atoms with E-state index in [1.807, 2.05) is 29.8 Å². The number of imidazole rings is 1. The molecule has 4 heterocycles. The zero-order valence-corrected chi connectivity index (χ0v) is 17.0. The molecule has 1 fully saturated rings. The Morgan fingerprint density at radius 3 is 2.73 bits per heavy atom. The Morgan fingerprint density at radius 2 is 2.03 bits per heavy atom. The summed E-state index contributed by atoms with van der Waals surface area (Å²) in [5.74, 6) is 0.645. The molecule has 0 aliphatic carbocycles. The number of rotatable bonds is 8. The summed E-state index contributed by atoms with van der Waals surface area (Å²) in [5, 5.41) is 0. The molecule has 1 saturated heterocycles. The van der Waals surface area contributed by atoms with E-state index in [2.05, 4.69) is 16.8 Å². The smallest absolute Gasteiger partial charge is 0.280 e. The Hall–Kier alpha value is -2.87. The van der Waals surface area contributed by atoms with E-state index in [9.17, 15) is 13.6 Å². The molecule has 30 heavy (non-hydrogen) atoms. The van der Waals surface area contributed by atoms with Crippen molar-refractivity contribution < 1.29 is 18.3 Å². The van der Waals surface area contributed by atoms with Gasteiger partial charge in [0.2, 0.25) is 0 Å². The van der Waals surface area contributed by atoms with E-state index in [4.69, 9.17) is 9.72 Å². The van der Waals surface area contributed by atoms with Gasteiger partial charge in [0.05, 0.1) is 12.3 Å². The number of fused-ring (bicyclic) bond motifs is 1. The number of aromatic nitrogens is 3. The molecule has 8 heteroatoms. The topological polar surface area (TPSA) is 59.7 Å². The number of likely N-dealkylation sites (tertiary alicyclic amines) is 1. The van der Waals surface area contributed by atoms with E-state index >= 15 is 0 Å². The Morgan fingerprint density at radius 1 is 1.23 bits per heavy atom. The van der Waals surface area contributed by atoms with Gasteiger partial charge in [0.15, 0.2) is 5.78 Å². The van der Waals surface area contributed by atoms with Gasteiger partial charge in [-0.2, -0.15) is 0 Å². The fourth-order valence-corrected chi connectivity index (χ4v) is 3.71. The Bertz CT molecular complexity index is 1060. The molecule has 0 unspecified atom stereocenters. The number of carbonyl (C=O) groups excluding carboxylic acids is 1. The van der Waals surface area contributed by atoms with E-state index in [0.717, 1.165) is 31.0 Å². The molecule has 0 amide bonds. The van der Waals surface area contributed by atoms with Crippen LogP contribution >= 0.6 is 0 Å². The minimum absolute atomic E-state index is 0.00548. The first-order chi connectivity index (χ1) is 14.5. The number of hydrogen-bond acceptors (Lipinski definition) is 5. The van der Waals surface area contributed by atoms with Gasteiger partial charge in [-0.05, 0) is 25.6 Å². The zero-order chi connectivity index (χ0) is 21.3. The average Bonchev–Trinajstić information content (AvgIpc) is 3.09. The molecule has 0 saturated carbocycles. The van der Waals surface area contributed by atoms with Gasteiger partial charge in [-0.25, -0.2) is 18.7 Å². The van der Waals surface area contributed by atoms with Crippen LogP contribution in [0, 0.1) is 0 Å². The van der Waals surface area contributed by atoms with Crippen LogP contribution in [-0.2, 0) is 6.42 Å². The third kappa shape index (κ3) is 4.05. The van der Waals surface area contributed by atoms with Crippen molar-refractivity contribution in [3.63, 3.8) is 0 Å². The molecule has 4 rings (SSSR count). The molecule has 1 aliphatic rings. The van der Waals surface area contributed by atoms with Crippen molar-refractivity contribution in [3.8, 4) is 5.75 Å². The van der Waals surface area contributed by atoms with Crippen LogP contribution in [0.25, 0.3) is 5.65 Å².